The van der Waals surface area contributed by atoms with Gasteiger partial charge in [-0.05, 0) is 60.4 Å². The monoisotopic (exact) mass is 312 g/mol. The van der Waals surface area contributed by atoms with Crippen LogP contribution >= 0.6 is 0 Å². The fourth-order valence-electron chi connectivity index (χ4n) is 3.11. The second kappa shape index (κ2) is 6.06. The number of fused-ring (bicyclic) bond motifs is 1. The Morgan fingerprint density at radius 2 is 1.67 bits per heavy atom. The van der Waals surface area contributed by atoms with Gasteiger partial charge in [0.2, 0.25) is 0 Å². The van der Waals surface area contributed by atoms with Crippen LogP contribution < -0.4 is 4.74 Å². The van der Waals surface area contributed by atoms with Crippen LogP contribution in [0.3, 0.4) is 0 Å². The van der Waals surface area contributed by atoms with Crippen LogP contribution in [-0.2, 0) is 5.41 Å². The summed E-state index contributed by atoms with van der Waals surface area (Å²) in [5, 5.41) is 2.51. The zero-order valence-electron chi connectivity index (χ0n) is 13.9. The third-order valence-corrected chi connectivity index (χ3v) is 4.66. The first kappa shape index (κ1) is 14.8. The van der Waals surface area contributed by atoms with Gasteiger partial charge in [-0.2, -0.15) is 0 Å². The molecule has 1 aliphatic rings. The number of benzene rings is 3. The molecular formula is C23H20O. The molecule has 0 aliphatic heterocycles. The van der Waals surface area contributed by atoms with Crippen molar-refractivity contribution < 1.29 is 4.74 Å². The van der Waals surface area contributed by atoms with Gasteiger partial charge in [-0.1, -0.05) is 54.3 Å². The lowest BCUT2D eigenvalue weighted by Crippen LogP contribution is -2.03. The average molecular weight is 312 g/mol. The van der Waals surface area contributed by atoms with Crippen molar-refractivity contribution in [1.29, 1.82) is 0 Å². The number of ether oxygens (including phenoxy) is 1. The van der Waals surface area contributed by atoms with E-state index in [1.165, 1.54) is 16.3 Å². The lowest BCUT2D eigenvalue weighted by molar-refractivity contribution is 0.340. The highest BCUT2D eigenvalue weighted by molar-refractivity contribution is 5.83. The summed E-state index contributed by atoms with van der Waals surface area (Å²) in [5.74, 6) is 7.85. The Morgan fingerprint density at radius 3 is 2.38 bits per heavy atom. The predicted octanol–water partition coefficient (Wildman–Crippen LogP) is 5.32. The Kier molecular flexibility index (Phi) is 3.75. The first-order valence-corrected chi connectivity index (χ1v) is 8.54. The highest BCUT2D eigenvalue weighted by atomic mass is 16.5. The molecule has 0 atom stereocenters. The van der Waals surface area contributed by atoms with Gasteiger partial charge in [0.05, 0.1) is 12.0 Å². The van der Waals surface area contributed by atoms with Crippen LogP contribution in [0.25, 0.3) is 10.8 Å². The molecule has 0 N–H and O–H groups in total. The second-order valence-electron chi connectivity index (χ2n) is 6.35. The van der Waals surface area contributed by atoms with Crippen molar-refractivity contribution in [3.63, 3.8) is 0 Å². The molecule has 4 rings (SSSR count). The van der Waals surface area contributed by atoms with Gasteiger partial charge < -0.3 is 4.74 Å². The summed E-state index contributed by atoms with van der Waals surface area (Å²) in [5.41, 5.74) is 2.43. The molecule has 1 saturated carbocycles. The number of hydrogen-bond donors (Lipinski definition) is 0. The Bertz CT molecular complexity index is 921. The average Bonchev–Trinajstić information content (AvgIpc) is 3.42. The number of hydrogen-bond acceptors (Lipinski definition) is 1. The van der Waals surface area contributed by atoms with E-state index in [1.807, 2.05) is 6.92 Å². The molecule has 0 unspecified atom stereocenters. The van der Waals surface area contributed by atoms with Crippen molar-refractivity contribution in [3.8, 4) is 17.6 Å². The van der Waals surface area contributed by atoms with E-state index in [4.69, 9.17) is 4.74 Å². The molecule has 0 amide bonds. The Balaban J connectivity index is 1.60. The zero-order valence-corrected chi connectivity index (χ0v) is 13.9. The second-order valence-corrected chi connectivity index (χ2v) is 6.35. The van der Waals surface area contributed by atoms with Crippen molar-refractivity contribution in [2.24, 2.45) is 0 Å². The fraction of sp³-hybridized carbons (Fsp3) is 0.217. The van der Waals surface area contributed by atoms with E-state index in [9.17, 15) is 0 Å². The van der Waals surface area contributed by atoms with Crippen molar-refractivity contribution in [1.82, 2.24) is 0 Å². The molecule has 1 heteroatoms. The minimum absolute atomic E-state index is 0.0381. The molecule has 118 valence electrons. The van der Waals surface area contributed by atoms with Crippen LogP contribution in [0.5, 0.6) is 5.75 Å². The van der Waals surface area contributed by atoms with Crippen LogP contribution in [-0.4, -0.2) is 6.61 Å². The molecule has 1 aliphatic carbocycles. The maximum Gasteiger partial charge on any atom is 0.119 e. The first-order valence-electron chi connectivity index (χ1n) is 8.54. The van der Waals surface area contributed by atoms with Gasteiger partial charge in [-0.3, -0.25) is 0 Å². The van der Waals surface area contributed by atoms with E-state index in [2.05, 4.69) is 78.6 Å². The molecule has 0 bridgehead atoms. The lowest BCUT2D eigenvalue weighted by atomic mass is 9.96. The molecule has 1 fully saturated rings. The minimum atomic E-state index is 0.0381. The molecule has 24 heavy (non-hydrogen) atoms. The Hall–Kier alpha value is -2.72. The molecule has 3 aromatic carbocycles. The molecule has 3 aromatic rings. The SMILES string of the molecule is CCOc1ccc(C2(C#Cc3ccc4ccccc4c3)CC2)cc1. The topological polar surface area (TPSA) is 9.23 Å². The van der Waals surface area contributed by atoms with E-state index in [-0.39, 0.29) is 5.41 Å². The maximum absolute atomic E-state index is 5.53. The summed E-state index contributed by atoms with van der Waals surface area (Å²) >= 11 is 0. The lowest BCUT2D eigenvalue weighted by Gasteiger charge is -2.09. The van der Waals surface area contributed by atoms with Crippen LogP contribution in [0.15, 0.2) is 66.7 Å². The fourth-order valence-corrected chi connectivity index (χ4v) is 3.11. The summed E-state index contributed by atoms with van der Waals surface area (Å²) in [6, 6.07) is 23.3. The standard InChI is InChI=1S/C23H20O/c1-2-24-22-11-9-21(10-12-22)23(15-16-23)14-13-18-7-8-19-5-3-4-6-20(19)17-18/h3-12,17H,2,15-16H2,1H3. The summed E-state index contributed by atoms with van der Waals surface area (Å²) in [6.07, 6.45) is 2.28. The molecule has 0 spiro atoms. The van der Waals surface area contributed by atoms with Crippen LogP contribution in [0.4, 0.5) is 0 Å². The van der Waals surface area contributed by atoms with Gasteiger partial charge in [0.25, 0.3) is 0 Å². The largest absolute Gasteiger partial charge is 0.494 e. The first-order chi connectivity index (χ1) is 11.8. The van der Waals surface area contributed by atoms with Gasteiger partial charge in [0.1, 0.15) is 5.75 Å². The highest BCUT2D eigenvalue weighted by Gasteiger charge is 2.42. The van der Waals surface area contributed by atoms with E-state index in [0.717, 1.165) is 24.2 Å². The molecule has 0 radical (unpaired) electrons. The number of rotatable bonds is 3. The predicted molar refractivity (Wildman–Crippen MR) is 99.3 cm³/mol. The smallest absolute Gasteiger partial charge is 0.119 e. The minimum Gasteiger partial charge on any atom is -0.494 e. The van der Waals surface area contributed by atoms with E-state index < -0.39 is 0 Å². The van der Waals surface area contributed by atoms with Gasteiger partial charge in [0, 0.05) is 5.56 Å². The summed E-state index contributed by atoms with van der Waals surface area (Å²) in [7, 11) is 0. The van der Waals surface area contributed by atoms with Crippen LogP contribution in [0, 0.1) is 11.8 Å². The van der Waals surface area contributed by atoms with E-state index >= 15 is 0 Å². The molecule has 0 heterocycles. The molecular weight excluding hydrogens is 292 g/mol. The highest BCUT2D eigenvalue weighted by Crippen LogP contribution is 2.48. The van der Waals surface area contributed by atoms with Gasteiger partial charge in [-0.15, -0.1) is 0 Å². The van der Waals surface area contributed by atoms with Crippen molar-refractivity contribution in [2.45, 2.75) is 25.2 Å². The summed E-state index contributed by atoms with van der Waals surface area (Å²) < 4.78 is 5.53. The zero-order chi connectivity index (χ0) is 16.4. The third-order valence-electron chi connectivity index (χ3n) is 4.66. The van der Waals surface area contributed by atoms with Crippen LogP contribution in [0.2, 0.25) is 0 Å². The van der Waals surface area contributed by atoms with Crippen molar-refractivity contribution in [3.05, 3.63) is 77.9 Å². The normalized spacial score (nSPS) is 14.7. The molecule has 0 aromatic heterocycles. The van der Waals surface area contributed by atoms with Crippen LogP contribution in [0.1, 0.15) is 30.9 Å². The summed E-state index contributed by atoms with van der Waals surface area (Å²) in [4.78, 5) is 0. The van der Waals surface area contributed by atoms with Crippen molar-refractivity contribution >= 4 is 10.8 Å². The Labute approximate surface area is 143 Å². The quantitative estimate of drug-likeness (QED) is 0.595. The van der Waals surface area contributed by atoms with Crippen molar-refractivity contribution in [2.75, 3.05) is 6.61 Å². The van der Waals surface area contributed by atoms with Gasteiger partial charge in [0.15, 0.2) is 0 Å². The van der Waals surface area contributed by atoms with E-state index in [0.29, 0.717) is 6.61 Å². The van der Waals surface area contributed by atoms with Gasteiger partial charge in [-0.25, -0.2) is 0 Å². The van der Waals surface area contributed by atoms with Gasteiger partial charge >= 0.3 is 0 Å². The molecule has 1 nitrogen and oxygen atoms in total. The Morgan fingerprint density at radius 1 is 0.917 bits per heavy atom. The summed E-state index contributed by atoms with van der Waals surface area (Å²) in [6.45, 7) is 2.71. The third kappa shape index (κ3) is 2.88. The molecule has 0 saturated heterocycles. The van der Waals surface area contributed by atoms with E-state index in [1.54, 1.807) is 0 Å². The maximum atomic E-state index is 5.53.